The Morgan fingerprint density at radius 3 is 2.76 bits per heavy atom. The molecule has 5 rings (SSSR count). The zero-order chi connectivity index (χ0) is 26.3. The molecule has 3 fully saturated rings. The summed E-state index contributed by atoms with van der Waals surface area (Å²) in [6.45, 7) is 1.86. The first-order valence-electron chi connectivity index (χ1n) is 13.0. The number of fused-ring (bicyclic) bond motifs is 5. The maximum Gasteiger partial charge on any atom is 1.00 e. The van der Waals surface area contributed by atoms with Crippen LogP contribution in [0.4, 0.5) is 0 Å². The molecule has 8 nitrogen and oxygen atoms in total. The summed E-state index contributed by atoms with van der Waals surface area (Å²) in [5.41, 5.74) is 0.720. The number of aliphatic hydroxyl groups is 3. The van der Waals surface area contributed by atoms with Gasteiger partial charge in [-0.2, -0.15) is 0 Å². The molecule has 1 saturated heterocycles. The Balaban J connectivity index is 0.00000320. The Bertz CT molecular complexity index is 1120. The van der Waals surface area contributed by atoms with Gasteiger partial charge in [0.2, 0.25) is 6.29 Å². The number of carboxylic acids is 1. The quantitative estimate of drug-likeness (QED) is 0.398. The van der Waals surface area contributed by atoms with Gasteiger partial charge in [0.1, 0.15) is 35.9 Å². The molecule has 1 aromatic rings. The van der Waals surface area contributed by atoms with Crippen molar-refractivity contribution in [3.05, 3.63) is 29.3 Å². The molecular formula is C24H29NaO8. The Kier molecular flexibility index (Phi) is 5.65. The molecule has 0 radical (unpaired) electrons. The molecule has 4 aliphatic rings. The van der Waals surface area contributed by atoms with Gasteiger partial charge in [-0.05, 0) is 73.1 Å². The number of hydrogen-bond donors (Lipinski definition) is 3. The summed E-state index contributed by atoms with van der Waals surface area (Å²) < 4.78 is 44.3. The molecule has 33 heavy (non-hydrogen) atoms. The van der Waals surface area contributed by atoms with Crippen LogP contribution in [0.3, 0.4) is 0 Å². The molecule has 9 atom stereocenters. The number of hydrogen-bond acceptors (Lipinski definition) is 8. The molecule has 1 aromatic carbocycles. The molecule has 1 heterocycles. The summed E-state index contributed by atoms with van der Waals surface area (Å²) in [5.74, 6) is -2.49. The van der Waals surface area contributed by atoms with Gasteiger partial charge in [0.25, 0.3) is 0 Å². The van der Waals surface area contributed by atoms with Gasteiger partial charge in [-0.15, -0.1) is 0 Å². The average Bonchev–Trinajstić information content (AvgIpc) is 3.00. The molecule has 0 amide bonds. The van der Waals surface area contributed by atoms with E-state index < -0.39 is 48.5 Å². The molecule has 3 N–H and O–H groups in total. The van der Waals surface area contributed by atoms with Gasteiger partial charge in [0, 0.05) is 14.5 Å². The SMILES string of the molecule is [2H]c1cc2c(c([2H])c1O[C@@H]1O[C@H](C(=O)[O-])[C@@H](O)[C@H](O)[C@H]1O)CC[C@@H]1[C@@H]2CC[C@]2(C)C(=O)C([2H])([2H])C[C@@H]12.[Na+]. The fourth-order valence-corrected chi connectivity index (χ4v) is 6.10. The van der Waals surface area contributed by atoms with Gasteiger partial charge in [0.15, 0.2) is 0 Å². The number of carbonyl (C=O) groups excluding carboxylic acids is 2. The Hall–Kier alpha value is -1.000. The second-order valence-corrected chi connectivity index (χ2v) is 9.59. The van der Waals surface area contributed by atoms with Crippen LogP contribution in [0.1, 0.15) is 61.5 Å². The van der Waals surface area contributed by atoms with Gasteiger partial charge in [-0.3, -0.25) is 4.79 Å². The van der Waals surface area contributed by atoms with Crippen LogP contribution < -0.4 is 39.4 Å². The van der Waals surface area contributed by atoms with Gasteiger partial charge >= 0.3 is 29.6 Å². The normalized spacial score (nSPS) is 45.2. The van der Waals surface area contributed by atoms with Crippen LogP contribution in [0.25, 0.3) is 0 Å². The third-order valence-electron chi connectivity index (χ3n) is 7.96. The largest absolute Gasteiger partial charge is 1.00 e. The Morgan fingerprint density at radius 1 is 1.27 bits per heavy atom. The first kappa shape index (κ1) is 20.2. The number of carbonyl (C=O) groups is 2. The first-order valence-corrected chi connectivity index (χ1v) is 11.0. The standard InChI is InChI=1S/C24H30O8.Na/c1-24-9-8-14-13-5-3-12(10-11(13)2-4-15(14)16(24)6-7-17(24)25)31-23-20(28)18(26)19(27)21(32-23)22(29)30;/h3,5,10,14-16,18-21,23,26-28H,2,4,6-9H2,1H3,(H,29,30);/q;+1/p-1/t14-,15-,16+,18+,19+,20-,21+,23-,24+;/m1./s1/i3D,7D2,10D;. The van der Waals surface area contributed by atoms with Gasteiger partial charge in [-0.25, -0.2) is 0 Å². The summed E-state index contributed by atoms with van der Waals surface area (Å²) >= 11 is 0. The van der Waals surface area contributed by atoms with Crippen molar-refractivity contribution in [1.82, 2.24) is 0 Å². The van der Waals surface area contributed by atoms with E-state index in [0.29, 0.717) is 31.2 Å². The molecule has 0 spiro atoms. The van der Waals surface area contributed by atoms with E-state index in [1.165, 1.54) is 0 Å². The van der Waals surface area contributed by atoms with E-state index in [-0.39, 0.29) is 77.3 Å². The van der Waals surface area contributed by atoms with Crippen LogP contribution in [-0.4, -0.2) is 57.8 Å². The molecule has 3 aliphatic carbocycles. The Labute approximate surface area is 220 Å². The minimum absolute atomic E-state index is 0. The van der Waals surface area contributed by atoms with E-state index in [2.05, 4.69) is 0 Å². The van der Waals surface area contributed by atoms with Crippen LogP contribution in [0.15, 0.2) is 18.2 Å². The van der Waals surface area contributed by atoms with E-state index in [1.807, 2.05) is 6.92 Å². The molecule has 1 aliphatic heterocycles. The minimum atomic E-state index is -1.97. The number of aliphatic carboxylic acids is 1. The summed E-state index contributed by atoms with van der Waals surface area (Å²) in [5, 5.41) is 41.4. The molecule has 0 aromatic heterocycles. The molecule has 2 saturated carbocycles. The predicted molar refractivity (Wildman–Crippen MR) is 108 cm³/mol. The van der Waals surface area contributed by atoms with Crippen LogP contribution >= 0.6 is 0 Å². The van der Waals surface area contributed by atoms with E-state index in [1.54, 1.807) is 6.07 Å². The van der Waals surface area contributed by atoms with Crippen molar-refractivity contribution in [2.24, 2.45) is 17.3 Å². The summed E-state index contributed by atoms with van der Waals surface area (Å²) in [4.78, 5) is 24.1. The number of benzene rings is 1. The van der Waals surface area contributed by atoms with E-state index in [4.69, 9.17) is 15.0 Å². The van der Waals surface area contributed by atoms with Crippen LogP contribution in [0.5, 0.6) is 5.75 Å². The molecule has 0 bridgehead atoms. The molecule has 174 valence electrons. The zero-order valence-electron chi connectivity index (χ0n) is 22.6. The van der Waals surface area contributed by atoms with Gasteiger partial charge < -0.3 is 34.7 Å². The van der Waals surface area contributed by atoms with Crippen molar-refractivity contribution >= 4 is 11.8 Å². The fourth-order valence-electron chi connectivity index (χ4n) is 6.10. The molecule has 0 unspecified atom stereocenters. The fraction of sp³-hybridized carbons (Fsp3) is 0.667. The van der Waals surface area contributed by atoms with Crippen LogP contribution in [0, 0.1) is 17.3 Å². The van der Waals surface area contributed by atoms with Gasteiger partial charge in [0.05, 0.1) is 8.71 Å². The molecular weight excluding hydrogens is 439 g/mol. The summed E-state index contributed by atoms with van der Waals surface area (Å²) in [7, 11) is 0. The van der Waals surface area contributed by atoms with Gasteiger partial charge in [-0.1, -0.05) is 13.0 Å². The maximum absolute atomic E-state index is 12.8. The topological polar surface area (TPSA) is 136 Å². The zero-order valence-corrected chi connectivity index (χ0v) is 20.6. The van der Waals surface area contributed by atoms with Crippen molar-refractivity contribution in [3.63, 3.8) is 0 Å². The van der Waals surface area contributed by atoms with Crippen LogP contribution in [0.2, 0.25) is 0 Å². The number of ketones is 1. The number of carboxylic acid groups (broad SMARTS) is 1. The van der Waals surface area contributed by atoms with Crippen molar-refractivity contribution in [1.29, 1.82) is 0 Å². The van der Waals surface area contributed by atoms with E-state index in [0.717, 1.165) is 5.56 Å². The number of aliphatic hydroxyl groups excluding tert-OH is 3. The third kappa shape index (κ3) is 4.07. The smallest absolute Gasteiger partial charge is 0.547 e. The predicted octanol–water partition coefficient (Wildman–Crippen LogP) is -2.95. The number of rotatable bonds is 3. The minimum Gasteiger partial charge on any atom is -0.547 e. The van der Waals surface area contributed by atoms with E-state index in [9.17, 15) is 30.0 Å². The number of Topliss-reactive ketones (excluding diaryl/α,β-unsaturated/α-hetero) is 1. The Morgan fingerprint density at radius 2 is 2.03 bits per heavy atom. The summed E-state index contributed by atoms with van der Waals surface area (Å²) in [6.07, 6.45) is -8.82. The summed E-state index contributed by atoms with van der Waals surface area (Å²) in [6, 6.07) is 1.28. The second kappa shape index (κ2) is 9.22. The van der Waals surface area contributed by atoms with Crippen LogP contribution in [-0.2, 0) is 20.7 Å². The van der Waals surface area contributed by atoms with Crippen molar-refractivity contribution in [2.75, 3.05) is 0 Å². The van der Waals surface area contributed by atoms with Crippen molar-refractivity contribution < 1.29 is 74.5 Å². The second-order valence-electron chi connectivity index (χ2n) is 9.59. The third-order valence-corrected chi connectivity index (χ3v) is 7.96. The van der Waals surface area contributed by atoms with Crippen molar-refractivity contribution in [3.8, 4) is 5.75 Å². The first-order chi connectivity index (χ1) is 16.8. The average molecular weight is 473 g/mol. The van der Waals surface area contributed by atoms with Crippen molar-refractivity contribution in [2.45, 2.75) is 82.0 Å². The van der Waals surface area contributed by atoms with E-state index >= 15 is 0 Å². The molecule has 9 heteroatoms. The monoisotopic (exact) mass is 472 g/mol. The maximum atomic E-state index is 12.8. The number of ether oxygens (including phenoxy) is 2.